The van der Waals surface area contributed by atoms with Gasteiger partial charge < -0.3 is 14.6 Å². The van der Waals surface area contributed by atoms with Crippen LogP contribution >= 0.6 is 0 Å². The number of methoxy groups -OCH3 is 1. The zero-order chi connectivity index (χ0) is 29.0. The molecule has 0 fully saturated rings. The fourth-order valence-corrected chi connectivity index (χ4v) is 7.16. The molecule has 1 heterocycles. The molecule has 214 valence electrons. The summed E-state index contributed by atoms with van der Waals surface area (Å²) >= 11 is 0. The average Bonchev–Trinajstić information content (AvgIpc) is 2.89. The van der Waals surface area contributed by atoms with E-state index < -0.39 is 38.1 Å². The third-order valence-corrected chi connectivity index (χ3v) is 10.3. The number of likely N-dealkylation sites (N-methyl/N-ethyl adjacent to an activating group) is 1. The van der Waals surface area contributed by atoms with E-state index in [4.69, 9.17) is 9.47 Å². The molecule has 12 heteroatoms. The van der Waals surface area contributed by atoms with E-state index in [1.54, 1.807) is 38.1 Å². The molecule has 1 aliphatic rings. The van der Waals surface area contributed by atoms with Crippen molar-refractivity contribution in [2.45, 2.75) is 35.8 Å². The van der Waals surface area contributed by atoms with Crippen molar-refractivity contribution in [3.05, 3.63) is 48.0 Å². The van der Waals surface area contributed by atoms with Crippen LogP contribution in [0.25, 0.3) is 0 Å². The van der Waals surface area contributed by atoms with Crippen LogP contribution in [0, 0.1) is 17.8 Å². The van der Waals surface area contributed by atoms with Crippen molar-refractivity contribution >= 4 is 20.0 Å². The molecule has 0 radical (unpaired) electrons. The Kier molecular flexibility index (Phi) is 10.0. The lowest BCUT2D eigenvalue weighted by Gasteiger charge is -2.37. The fraction of sp³-hybridized carbons (Fsp3) is 0.481. The van der Waals surface area contributed by atoms with E-state index >= 15 is 0 Å². The largest absolute Gasteiger partial charge is 0.497 e. The van der Waals surface area contributed by atoms with E-state index in [2.05, 4.69) is 11.8 Å². The van der Waals surface area contributed by atoms with Crippen LogP contribution < -0.4 is 9.47 Å². The SMILES string of the molecule is COc1cccc(S(=O)(=O)N(C)C[C@H]2Oc3cc(C#CCN(C)C)ccc3S(=O)(=O)N([C@H](C)CO)C[C@@H]2C)c1. The zero-order valence-corrected chi connectivity index (χ0v) is 24.8. The molecule has 0 unspecified atom stereocenters. The molecule has 0 saturated carbocycles. The third kappa shape index (κ3) is 7.11. The van der Waals surface area contributed by atoms with Crippen LogP contribution in [0.5, 0.6) is 11.5 Å². The van der Waals surface area contributed by atoms with Gasteiger partial charge in [-0.2, -0.15) is 8.61 Å². The minimum atomic E-state index is -4.02. The Morgan fingerprint density at radius 2 is 1.92 bits per heavy atom. The molecule has 0 amide bonds. The molecule has 10 nitrogen and oxygen atoms in total. The first kappa shape index (κ1) is 30.9. The second-order valence-corrected chi connectivity index (χ2v) is 13.8. The van der Waals surface area contributed by atoms with Crippen molar-refractivity contribution in [2.24, 2.45) is 5.92 Å². The summed E-state index contributed by atoms with van der Waals surface area (Å²) in [5, 5.41) is 9.83. The molecule has 1 N–H and O–H groups in total. The number of sulfonamides is 2. The highest BCUT2D eigenvalue weighted by Crippen LogP contribution is 2.34. The highest BCUT2D eigenvalue weighted by Gasteiger charge is 2.39. The summed E-state index contributed by atoms with van der Waals surface area (Å²) in [6.45, 7) is 3.57. The molecule has 3 rings (SSSR count). The fourth-order valence-electron chi connectivity index (χ4n) is 4.11. The maximum absolute atomic E-state index is 13.6. The highest BCUT2D eigenvalue weighted by molar-refractivity contribution is 7.89. The van der Waals surface area contributed by atoms with E-state index in [-0.39, 0.29) is 35.2 Å². The van der Waals surface area contributed by atoms with Gasteiger partial charge in [0.1, 0.15) is 22.5 Å². The molecule has 0 spiro atoms. The Morgan fingerprint density at radius 3 is 2.56 bits per heavy atom. The lowest BCUT2D eigenvalue weighted by atomic mass is 10.0. The number of nitrogens with zero attached hydrogens (tertiary/aromatic N) is 3. The maximum atomic E-state index is 13.6. The van der Waals surface area contributed by atoms with Gasteiger partial charge in [0.25, 0.3) is 0 Å². The summed E-state index contributed by atoms with van der Waals surface area (Å²) in [7, 11) is -1.22. The third-order valence-electron chi connectivity index (χ3n) is 6.48. The van der Waals surface area contributed by atoms with Crippen molar-refractivity contribution in [3.63, 3.8) is 0 Å². The van der Waals surface area contributed by atoms with E-state index in [0.29, 0.717) is 17.9 Å². The molecular formula is C27H37N3O7S2. The van der Waals surface area contributed by atoms with Gasteiger partial charge in [0.15, 0.2) is 0 Å². The van der Waals surface area contributed by atoms with Crippen LogP contribution in [0.15, 0.2) is 52.3 Å². The second kappa shape index (κ2) is 12.7. The predicted molar refractivity (Wildman–Crippen MR) is 149 cm³/mol. The first-order chi connectivity index (χ1) is 18.3. The first-order valence-corrected chi connectivity index (χ1v) is 15.4. The zero-order valence-electron chi connectivity index (χ0n) is 23.2. The van der Waals surface area contributed by atoms with Crippen LogP contribution in [0.2, 0.25) is 0 Å². The first-order valence-electron chi connectivity index (χ1n) is 12.5. The number of ether oxygens (including phenoxy) is 2. The van der Waals surface area contributed by atoms with Crippen LogP contribution in [-0.4, -0.2) is 102 Å². The van der Waals surface area contributed by atoms with Crippen LogP contribution in [0.3, 0.4) is 0 Å². The summed E-state index contributed by atoms with van der Waals surface area (Å²) < 4.78 is 68.0. The van der Waals surface area contributed by atoms with Crippen molar-refractivity contribution in [1.82, 2.24) is 13.5 Å². The number of rotatable bonds is 8. The minimum absolute atomic E-state index is 0.0333. The number of aliphatic hydroxyl groups excluding tert-OH is 1. The normalized spacial score (nSPS) is 20.2. The summed E-state index contributed by atoms with van der Waals surface area (Å²) in [4.78, 5) is 1.92. The van der Waals surface area contributed by atoms with Crippen molar-refractivity contribution in [1.29, 1.82) is 0 Å². The van der Waals surface area contributed by atoms with E-state index in [1.165, 1.54) is 41.0 Å². The smallest absolute Gasteiger partial charge is 0.247 e. The summed E-state index contributed by atoms with van der Waals surface area (Å²) in [6.07, 6.45) is -0.706. The maximum Gasteiger partial charge on any atom is 0.247 e. The van der Waals surface area contributed by atoms with Crippen LogP contribution in [-0.2, 0) is 20.0 Å². The van der Waals surface area contributed by atoms with Gasteiger partial charge >= 0.3 is 0 Å². The molecule has 0 aliphatic carbocycles. The summed E-state index contributed by atoms with van der Waals surface area (Å²) in [5.74, 6) is 6.12. The second-order valence-electron chi connectivity index (χ2n) is 9.91. The van der Waals surface area contributed by atoms with E-state index in [0.717, 1.165) is 0 Å². The van der Waals surface area contributed by atoms with Crippen molar-refractivity contribution < 1.29 is 31.4 Å². The molecular weight excluding hydrogens is 542 g/mol. The predicted octanol–water partition coefficient (Wildman–Crippen LogP) is 1.70. The quantitative estimate of drug-likeness (QED) is 0.470. The minimum Gasteiger partial charge on any atom is -0.497 e. The Labute approximate surface area is 232 Å². The van der Waals surface area contributed by atoms with Crippen molar-refractivity contribution in [3.8, 4) is 23.3 Å². The lowest BCUT2D eigenvalue weighted by Crippen LogP contribution is -2.50. The Morgan fingerprint density at radius 1 is 1.21 bits per heavy atom. The number of hydrogen-bond donors (Lipinski definition) is 1. The highest BCUT2D eigenvalue weighted by atomic mass is 32.2. The van der Waals surface area contributed by atoms with Crippen molar-refractivity contribution in [2.75, 3.05) is 54.5 Å². The number of fused-ring (bicyclic) bond motifs is 1. The Hall–Kier alpha value is -2.66. The number of hydrogen-bond acceptors (Lipinski definition) is 8. The molecule has 2 aromatic rings. The summed E-state index contributed by atoms with van der Waals surface area (Å²) in [6, 6.07) is 10.1. The molecule has 2 aromatic carbocycles. The van der Waals surface area contributed by atoms with Gasteiger partial charge in [-0.15, -0.1) is 0 Å². The topological polar surface area (TPSA) is 117 Å². The summed E-state index contributed by atoms with van der Waals surface area (Å²) in [5.41, 5.74) is 0.567. The van der Waals surface area contributed by atoms with E-state index in [1.807, 2.05) is 19.0 Å². The van der Waals surface area contributed by atoms with Crippen LogP contribution in [0.1, 0.15) is 19.4 Å². The number of aliphatic hydroxyl groups is 1. The van der Waals surface area contributed by atoms with Crippen LogP contribution in [0.4, 0.5) is 0 Å². The van der Waals surface area contributed by atoms with Gasteiger partial charge in [-0.1, -0.05) is 24.8 Å². The van der Waals surface area contributed by atoms with Gasteiger partial charge in [-0.05, 0) is 51.4 Å². The Bertz CT molecular complexity index is 1430. The van der Waals surface area contributed by atoms with Gasteiger partial charge in [0, 0.05) is 37.2 Å². The van der Waals surface area contributed by atoms with Gasteiger partial charge in [-0.3, -0.25) is 4.90 Å². The molecule has 0 bridgehead atoms. The van der Waals surface area contributed by atoms with Gasteiger partial charge in [0.05, 0.1) is 31.7 Å². The standard InChI is InChI=1S/C27H37N3O7S2/c1-20-17-30(21(2)19-31)39(34,35)27-13-12-22(9-8-14-28(3)4)15-25(27)37-26(20)18-29(5)38(32,33)24-11-7-10-23(16-24)36-6/h7,10-13,15-16,20-21,26,31H,14,17-19H2,1-6H3/t20-,21+,26+/m0/s1. The lowest BCUT2D eigenvalue weighted by molar-refractivity contribution is 0.0904. The molecule has 1 aliphatic heterocycles. The van der Waals surface area contributed by atoms with Gasteiger partial charge in [0.2, 0.25) is 20.0 Å². The molecule has 3 atom stereocenters. The average molecular weight is 580 g/mol. The number of benzene rings is 2. The van der Waals surface area contributed by atoms with Gasteiger partial charge in [-0.25, -0.2) is 16.8 Å². The monoisotopic (exact) mass is 579 g/mol. The Balaban J connectivity index is 2.04. The molecule has 39 heavy (non-hydrogen) atoms. The molecule has 0 aromatic heterocycles. The van der Waals surface area contributed by atoms with E-state index in [9.17, 15) is 21.9 Å². The molecule has 0 saturated heterocycles.